The van der Waals surface area contributed by atoms with Crippen LogP contribution in [0.25, 0.3) is 0 Å². The van der Waals surface area contributed by atoms with Gasteiger partial charge in [-0.3, -0.25) is 0 Å². The number of carboxylic acids is 1. The largest absolute Gasteiger partial charge is 0.479 e. The van der Waals surface area contributed by atoms with E-state index in [0.29, 0.717) is 6.92 Å². The Balaban J connectivity index is 3.17. The summed E-state index contributed by atoms with van der Waals surface area (Å²) in [6.45, 7) is -0.208. The Kier molecular flexibility index (Phi) is 3.98. The molecule has 0 aliphatic carbocycles. The lowest BCUT2D eigenvalue weighted by Crippen LogP contribution is -2.74. The summed E-state index contributed by atoms with van der Waals surface area (Å²) < 4.78 is 4.66. The maximum Gasteiger partial charge on any atom is 0.341 e. The number of carboxylic acid groups (broad SMARTS) is 1. The fraction of sp³-hybridized carbons (Fsp3) is 0.889. The molecule has 1 rings (SSSR count). The fourth-order valence-electron chi connectivity index (χ4n) is 1.71. The van der Waals surface area contributed by atoms with Crippen LogP contribution >= 0.6 is 0 Å². The zero-order chi connectivity index (χ0) is 14.3. The van der Waals surface area contributed by atoms with Gasteiger partial charge in [0.1, 0.15) is 24.4 Å². The summed E-state index contributed by atoms with van der Waals surface area (Å²) >= 11 is 0. The van der Waals surface area contributed by atoms with Crippen molar-refractivity contribution in [2.75, 3.05) is 6.61 Å². The minimum Gasteiger partial charge on any atom is -0.479 e. The second-order valence-electron chi connectivity index (χ2n) is 4.34. The van der Waals surface area contributed by atoms with Crippen LogP contribution in [0.3, 0.4) is 0 Å². The molecule has 0 bridgehead atoms. The van der Waals surface area contributed by atoms with Gasteiger partial charge in [0.05, 0.1) is 6.61 Å². The smallest absolute Gasteiger partial charge is 0.341 e. The quantitative estimate of drug-likeness (QED) is 0.269. The zero-order valence-corrected chi connectivity index (χ0v) is 9.46. The first kappa shape index (κ1) is 15.2. The Morgan fingerprint density at radius 2 is 1.83 bits per heavy atom. The predicted octanol–water partition coefficient (Wildman–Crippen LogP) is -4.02. The lowest BCUT2D eigenvalue weighted by molar-refractivity contribution is -0.391. The first-order chi connectivity index (χ1) is 8.09. The summed E-state index contributed by atoms with van der Waals surface area (Å²) in [6, 6.07) is 0. The average Bonchev–Trinajstić information content (AvgIpc) is 2.30. The normalized spacial score (nSPS) is 44.4. The van der Waals surface area contributed by atoms with Crippen molar-refractivity contribution < 1.29 is 45.3 Å². The van der Waals surface area contributed by atoms with Crippen LogP contribution in [-0.2, 0) is 9.53 Å². The molecule has 0 aromatic carbocycles. The Labute approximate surface area is 101 Å². The van der Waals surface area contributed by atoms with E-state index in [4.69, 9.17) is 10.2 Å². The lowest BCUT2D eigenvalue weighted by atomic mass is 9.82. The van der Waals surface area contributed by atoms with Crippen LogP contribution < -0.4 is 0 Å². The van der Waals surface area contributed by atoms with E-state index in [9.17, 15) is 30.3 Å². The standard InChI is InChI=1S/C9H16O9/c1-8(16,7(14)15)9(17)6(13)5(12)4(11)3(2-10)18-9/h3-6,10-13,16-17H,2H2,1H3,(H,14,15)/t3-,4-,5+,6-,8?,9+/m1/s1. The highest BCUT2D eigenvalue weighted by Crippen LogP contribution is 2.36. The van der Waals surface area contributed by atoms with Gasteiger partial charge in [-0.2, -0.15) is 0 Å². The van der Waals surface area contributed by atoms with Gasteiger partial charge in [-0.05, 0) is 6.92 Å². The van der Waals surface area contributed by atoms with Crippen molar-refractivity contribution in [3.8, 4) is 0 Å². The van der Waals surface area contributed by atoms with Gasteiger partial charge in [-0.1, -0.05) is 0 Å². The van der Waals surface area contributed by atoms with E-state index in [1.54, 1.807) is 0 Å². The summed E-state index contributed by atoms with van der Waals surface area (Å²) in [5, 5.41) is 65.7. The van der Waals surface area contributed by atoms with Gasteiger partial charge in [-0.15, -0.1) is 0 Å². The summed E-state index contributed by atoms with van der Waals surface area (Å²) in [6.07, 6.45) is -7.57. The molecule has 0 aromatic heterocycles. The van der Waals surface area contributed by atoms with Crippen molar-refractivity contribution in [3.05, 3.63) is 0 Å². The highest BCUT2D eigenvalue weighted by atomic mass is 16.7. The first-order valence-corrected chi connectivity index (χ1v) is 5.10. The topological polar surface area (TPSA) is 168 Å². The van der Waals surface area contributed by atoms with E-state index >= 15 is 0 Å². The molecule has 0 radical (unpaired) electrons. The van der Waals surface area contributed by atoms with E-state index in [1.165, 1.54) is 0 Å². The molecular formula is C9H16O9. The molecule has 0 saturated carbocycles. The number of carbonyl (C=O) groups is 1. The zero-order valence-electron chi connectivity index (χ0n) is 9.46. The van der Waals surface area contributed by atoms with Crippen LogP contribution in [0.15, 0.2) is 0 Å². The third-order valence-electron chi connectivity index (χ3n) is 3.08. The molecule has 1 heterocycles. The first-order valence-electron chi connectivity index (χ1n) is 5.10. The summed E-state index contributed by atoms with van der Waals surface area (Å²) in [4.78, 5) is 10.8. The maximum atomic E-state index is 10.8. The third-order valence-corrected chi connectivity index (χ3v) is 3.08. The van der Waals surface area contributed by atoms with Crippen molar-refractivity contribution in [2.45, 2.75) is 42.7 Å². The molecule has 0 aromatic rings. The van der Waals surface area contributed by atoms with Crippen molar-refractivity contribution in [1.29, 1.82) is 0 Å². The van der Waals surface area contributed by atoms with Crippen molar-refractivity contribution in [2.24, 2.45) is 0 Å². The Morgan fingerprint density at radius 1 is 1.33 bits per heavy atom. The predicted molar refractivity (Wildman–Crippen MR) is 53.2 cm³/mol. The molecule has 106 valence electrons. The van der Waals surface area contributed by atoms with Gasteiger partial charge >= 0.3 is 5.97 Å². The van der Waals surface area contributed by atoms with Crippen LogP contribution in [0.1, 0.15) is 6.92 Å². The van der Waals surface area contributed by atoms with Crippen LogP contribution in [0.4, 0.5) is 0 Å². The second-order valence-corrected chi connectivity index (χ2v) is 4.34. The maximum absolute atomic E-state index is 10.8. The molecule has 9 heteroatoms. The van der Waals surface area contributed by atoms with E-state index in [2.05, 4.69) is 4.74 Å². The minimum absolute atomic E-state index is 0.650. The van der Waals surface area contributed by atoms with Crippen LogP contribution in [0, 0.1) is 0 Å². The number of aliphatic carboxylic acids is 1. The number of rotatable bonds is 3. The fourth-order valence-corrected chi connectivity index (χ4v) is 1.71. The molecule has 1 saturated heterocycles. The van der Waals surface area contributed by atoms with Gasteiger partial charge < -0.3 is 40.5 Å². The minimum atomic E-state index is -3.08. The molecule has 18 heavy (non-hydrogen) atoms. The summed E-state index contributed by atoms with van der Waals surface area (Å²) in [7, 11) is 0. The summed E-state index contributed by atoms with van der Waals surface area (Å²) in [5.41, 5.74) is -2.96. The van der Waals surface area contributed by atoms with Crippen LogP contribution in [0.5, 0.6) is 0 Å². The van der Waals surface area contributed by atoms with Gasteiger partial charge in [0.15, 0.2) is 0 Å². The summed E-state index contributed by atoms with van der Waals surface area (Å²) in [5.74, 6) is -4.99. The Morgan fingerprint density at radius 3 is 2.22 bits per heavy atom. The SMILES string of the molecule is CC(O)(C(=O)O)[C@@]1(O)O[C@H](CO)[C@@H](O)[C@H](O)[C@H]1O. The Hall–Kier alpha value is -0.810. The number of hydrogen-bond donors (Lipinski definition) is 7. The molecule has 7 N–H and O–H groups in total. The Bertz CT molecular complexity index is 328. The van der Waals surface area contributed by atoms with Crippen molar-refractivity contribution >= 4 is 5.97 Å². The molecule has 0 amide bonds. The molecule has 1 fully saturated rings. The van der Waals surface area contributed by atoms with Gasteiger partial charge in [-0.25, -0.2) is 4.79 Å². The number of hydrogen-bond acceptors (Lipinski definition) is 8. The molecule has 1 aliphatic rings. The molecule has 1 unspecified atom stereocenters. The van der Waals surface area contributed by atoms with E-state index in [-0.39, 0.29) is 0 Å². The van der Waals surface area contributed by atoms with E-state index in [0.717, 1.165) is 0 Å². The van der Waals surface area contributed by atoms with Crippen LogP contribution in [0.2, 0.25) is 0 Å². The number of ether oxygens (including phenoxy) is 1. The van der Waals surface area contributed by atoms with Crippen molar-refractivity contribution in [1.82, 2.24) is 0 Å². The third kappa shape index (κ3) is 1.99. The second kappa shape index (κ2) is 4.70. The molecule has 6 atom stereocenters. The van der Waals surface area contributed by atoms with Crippen molar-refractivity contribution in [3.63, 3.8) is 0 Å². The lowest BCUT2D eigenvalue weighted by Gasteiger charge is -2.49. The molecular weight excluding hydrogens is 252 g/mol. The number of aliphatic hydroxyl groups excluding tert-OH is 4. The average molecular weight is 268 g/mol. The molecule has 9 nitrogen and oxygen atoms in total. The van der Waals surface area contributed by atoms with Crippen LogP contribution in [-0.4, -0.2) is 84.1 Å². The monoisotopic (exact) mass is 268 g/mol. The highest BCUT2D eigenvalue weighted by Gasteiger charge is 2.64. The van der Waals surface area contributed by atoms with Gasteiger partial charge in [0, 0.05) is 0 Å². The van der Waals surface area contributed by atoms with Gasteiger partial charge in [0.2, 0.25) is 11.4 Å². The number of aliphatic hydroxyl groups is 6. The molecule has 1 aliphatic heterocycles. The molecule has 0 spiro atoms. The van der Waals surface area contributed by atoms with Gasteiger partial charge in [0.25, 0.3) is 0 Å². The highest BCUT2D eigenvalue weighted by molar-refractivity contribution is 5.78. The van der Waals surface area contributed by atoms with E-state index < -0.39 is 48.4 Å². The van der Waals surface area contributed by atoms with E-state index in [1.807, 2.05) is 0 Å².